The molecule has 90 valence electrons. The Balaban J connectivity index is 2.28. The third-order valence-electron chi connectivity index (χ3n) is 3.12. The van der Waals surface area contributed by atoms with E-state index in [1.165, 1.54) is 25.9 Å². The van der Waals surface area contributed by atoms with E-state index in [0.717, 1.165) is 26.2 Å². The van der Waals surface area contributed by atoms with Gasteiger partial charge in [0.2, 0.25) is 0 Å². The lowest BCUT2D eigenvalue weighted by Gasteiger charge is -2.27. The number of nitrogens with two attached hydrogens (primary N) is 1. The lowest BCUT2D eigenvalue weighted by molar-refractivity contribution is 0.170. The van der Waals surface area contributed by atoms with E-state index in [4.69, 9.17) is 10.5 Å². The molecule has 2 atom stereocenters. The summed E-state index contributed by atoms with van der Waals surface area (Å²) in [7, 11) is 0. The first-order chi connectivity index (χ1) is 7.27. The van der Waals surface area contributed by atoms with Gasteiger partial charge in [0.1, 0.15) is 0 Å². The van der Waals surface area contributed by atoms with Crippen LogP contribution in [-0.4, -0.2) is 43.8 Å². The summed E-state index contributed by atoms with van der Waals surface area (Å²) >= 11 is 0. The van der Waals surface area contributed by atoms with Crippen LogP contribution in [0, 0.1) is 5.92 Å². The zero-order chi connectivity index (χ0) is 11.1. The molecule has 0 saturated carbocycles. The van der Waals surface area contributed by atoms with Crippen LogP contribution < -0.4 is 5.73 Å². The molecule has 0 radical (unpaired) electrons. The molecule has 1 heterocycles. The summed E-state index contributed by atoms with van der Waals surface area (Å²) in [6, 6.07) is 0.297. The van der Waals surface area contributed by atoms with E-state index in [1.807, 2.05) is 0 Å². The maximum Gasteiger partial charge on any atom is 0.0510 e. The van der Waals surface area contributed by atoms with E-state index in [-0.39, 0.29) is 0 Å². The number of rotatable bonds is 7. The SMILES string of the molecule is CCCN(CCC)CC(N)C1CCOC1. The second-order valence-electron chi connectivity index (χ2n) is 4.59. The predicted molar refractivity (Wildman–Crippen MR) is 63.9 cm³/mol. The Labute approximate surface area is 94.0 Å². The van der Waals surface area contributed by atoms with Crippen molar-refractivity contribution >= 4 is 0 Å². The van der Waals surface area contributed by atoms with Gasteiger partial charge in [-0.3, -0.25) is 0 Å². The van der Waals surface area contributed by atoms with E-state index in [9.17, 15) is 0 Å². The van der Waals surface area contributed by atoms with Gasteiger partial charge in [0.05, 0.1) is 6.61 Å². The van der Waals surface area contributed by atoms with Gasteiger partial charge in [-0.1, -0.05) is 13.8 Å². The zero-order valence-corrected chi connectivity index (χ0v) is 10.2. The van der Waals surface area contributed by atoms with Crippen LogP contribution in [-0.2, 0) is 4.74 Å². The molecule has 1 aliphatic rings. The molecule has 3 nitrogen and oxygen atoms in total. The van der Waals surface area contributed by atoms with Gasteiger partial charge in [-0.05, 0) is 32.4 Å². The number of ether oxygens (including phenoxy) is 1. The first-order valence-electron chi connectivity index (χ1n) is 6.33. The number of nitrogens with zero attached hydrogens (tertiary/aromatic N) is 1. The van der Waals surface area contributed by atoms with Crippen molar-refractivity contribution in [2.45, 2.75) is 39.2 Å². The van der Waals surface area contributed by atoms with Crippen molar-refractivity contribution in [3.05, 3.63) is 0 Å². The molecule has 0 bridgehead atoms. The van der Waals surface area contributed by atoms with Crippen molar-refractivity contribution in [1.29, 1.82) is 0 Å². The van der Waals surface area contributed by atoms with Crippen LogP contribution >= 0.6 is 0 Å². The van der Waals surface area contributed by atoms with E-state index in [1.54, 1.807) is 0 Å². The highest BCUT2D eigenvalue weighted by atomic mass is 16.5. The van der Waals surface area contributed by atoms with Crippen LogP contribution in [0.4, 0.5) is 0 Å². The molecule has 1 saturated heterocycles. The molecular weight excluding hydrogens is 188 g/mol. The molecular formula is C12H26N2O. The minimum absolute atomic E-state index is 0.297. The standard InChI is InChI=1S/C12H26N2O/c1-3-6-14(7-4-2)9-12(13)11-5-8-15-10-11/h11-12H,3-10,13H2,1-2H3. The summed E-state index contributed by atoms with van der Waals surface area (Å²) in [5, 5.41) is 0. The molecule has 3 heteroatoms. The van der Waals surface area contributed by atoms with Gasteiger partial charge in [-0.2, -0.15) is 0 Å². The van der Waals surface area contributed by atoms with Gasteiger partial charge in [0.25, 0.3) is 0 Å². The summed E-state index contributed by atoms with van der Waals surface area (Å²) in [4.78, 5) is 2.49. The third-order valence-corrected chi connectivity index (χ3v) is 3.12. The summed E-state index contributed by atoms with van der Waals surface area (Å²) in [6.07, 6.45) is 3.58. The molecule has 0 aromatic heterocycles. The molecule has 1 fully saturated rings. The smallest absolute Gasteiger partial charge is 0.0510 e. The van der Waals surface area contributed by atoms with E-state index >= 15 is 0 Å². The largest absolute Gasteiger partial charge is 0.381 e. The zero-order valence-electron chi connectivity index (χ0n) is 10.2. The maximum atomic E-state index is 6.22. The minimum Gasteiger partial charge on any atom is -0.381 e. The van der Waals surface area contributed by atoms with Crippen LogP contribution in [0.5, 0.6) is 0 Å². The van der Waals surface area contributed by atoms with Crippen LogP contribution in [0.1, 0.15) is 33.1 Å². The Morgan fingerprint density at radius 2 is 2.00 bits per heavy atom. The van der Waals surface area contributed by atoms with Gasteiger partial charge >= 0.3 is 0 Å². The van der Waals surface area contributed by atoms with E-state index in [2.05, 4.69) is 18.7 Å². The summed E-state index contributed by atoms with van der Waals surface area (Å²) < 4.78 is 5.38. The van der Waals surface area contributed by atoms with Gasteiger partial charge in [-0.15, -0.1) is 0 Å². The number of hydrogen-bond acceptors (Lipinski definition) is 3. The molecule has 0 aliphatic carbocycles. The highest BCUT2D eigenvalue weighted by Gasteiger charge is 2.23. The van der Waals surface area contributed by atoms with Gasteiger partial charge in [0, 0.05) is 25.1 Å². The summed E-state index contributed by atoms with van der Waals surface area (Å²) in [5.41, 5.74) is 6.22. The quantitative estimate of drug-likeness (QED) is 0.697. The fraction of sp³-hybridized carbons (Fsp3) is 1.00. The first kappa shape index (κ1) is 12.9. The molecule has 2 unspecified atom stereocenters. The summed E-state index contributed by atoms with van der Waals surface area (Å²) in [6.45, 7) is 9.62. The third kappa shape index (κ3) is 4.49. The van der Waals surface area contributed by atoms with Crippen molar-refractivity contribution in [2.24, 2.45) is 11.7 Å². The topological polar surface area (TPSA) is 38.5 Å². The van der Waals surface area contributed by atoms with Gasteiger partial charge in [0.15, 0.2) is 0 Å². The van der Waals surface area contributed by atoms with Crippen molar-refractivity contribution in [3.8, 4) is 0 Å². The Hall–Kier alpha value is -0.120. The van der Waals surface area contributed by atoms with Crippen LogP contribution in [0.15, 0.2) is 0 Å². The van der Waals surface area contributed by atoms with Crippen molar-refractivity contribution in [2.75, 3.05) is 32.8 Å². The molecule has 1 rings (SSSR count). The van der Waals surface area contributed by atoms with E-state index < -0.39 is 0 Å². The first-order valence-corrected chi connectivity index (χ1v) is 6.33. The summed E-state index contributed by atoms with van der Waals surface area (Å²) in [5.74, 6) is 0.584. The minimum atomic E-state index is 0.297. The highest BCUT2D eigenvalue weighted by molar-refractivity contribution is 4.79. The molecule has 0 aromatic rings. The van der Waals surface area contributed by atoms with Crippen molar-refractivity contribution < 1.29 is 4.74 Å². The predicted octanol–water partition coefficient (Wildman–Crippen LogP) is 1.47. The normalized spacial score (nSPS) is 23.6. The number of hydrogen-bond donors (Lipinski definition) is 1. The van der Waals surface area contributed by atoms with E-state index in [0.29, 0.717) is 12.0 Å². The van der Waals surface area contributed by atoms with Crippen LogP contribution in [0.3, 0.4) is 0 Å². The molecule has 2 N–H and O–H groups in total. The second-order valence-corrected chi connectivity index (χ2v) is 4.59. The second kappa shape index (κ2) is 7.20. The van der Waals surface area contributed by atoms with Crippen LogP contribution in [0.25, 0.3) is 0 Å². The fourth-order valence-corrected chi connectivity index (χ4v) is 2.26. The Bertz CT molecular complexity index is 152. The molecule has 0 amide bonds. The highest BCUT2D eigenvalue weighted by Crippen LogP contribution is 2.16. The maximum absolute atomic E-state index is 6.22. The average Bonchev–Trinajstić information content (AvgIpc) is 2.71. The molecule has 0 spiro atoms. The lowest BCUT2D eigenvalue weighted by Crippen LogP contribution is -2.43. The molecule has 0 aromatic carbocycles. The Kier molecular flexibility index (Phi) is 6.22. The van der Waals surface area contributed by atoms with Crippen molar-refractivity contribution in [1.82, 2.24) is 4.90 Å². The Morgan fingerprint density at radius 1 is 1.33 bits per heavy atom. The average molecular weight is 214 g/mol. The lowest BCUT2D eigenvalue weighted by atomic mass is 9.99. The van der Waals surface area contributed by atoms with Crippen molar-refractivity contribution in [3.63, 3.8) is 0 Å². The fourth-order valence-electron chi connectivity index (χ4n) is 2.26. The Morgan fingerprint density at radius 3 is 2.47 bits per heavy atom. The van der Waals surface area contributed by atoms with Gasteiger partial charge in [-0.25, -0.2) is 0 Å². The van der Waals surface area contributed by atoms with Crippen LogP contribution in [0.2, 0.25) is 0 Å². The van der Waals surface area contributed by atoms with Gasteiger partial charge < -0.3 is 15.4 Å². The molecule has 15 heavy (non-hydrogen) atoms. The molecule has 1 aliphatic heterocycles. The monoisotopic (exact) mass is 214 g/mol.